The number of hydrogen-bond acceptors (Lipinski definition) is 3. The summed E-state index contributed by atoms with van der Waals surface area (Å²) in [5.41, 5.74) is 8.14. The van der Waals surface area contributed by atoms with Crippen LogP contribution in [0.3, 0.4) is 0 Å². The molecule has 3 heterocycles. The average Bonchev–Trinajstić information content (AvgIpc) is 3.55. The van der Waals surface area contributed by atoms with Crippen molar-refractivity contribution in [2.45, 2.75) is 13.8 Å². The molecular weight excluding hydrogens is 482 g/mol. The van der Waals surface area contributed by atoms with E-state index in [1.54, 1.807) is 0 Å². The Morgan fingerprint density at radius 1 is 0.579 bits per heavy atom. The maximum Gasteiger partial charge on any atom is 0.169 e. The molecule has 0 saturated carbocycles. The summed E-state index contributed by atoms with van der Waals surface area (Å²) in [4.78, 5) is 0. The summed E-state index contributed by atoms with van der Waals surface area (Å²) in [5.74, 6) is 0.861. The standard InChI is InChI=1S/C34H23N3S/c1-20-11-16-31-28(17-20)29-19-21(2)18-27(32(29)38-31)22-12-14-23(15-13-22)33-35-36-34-26-9-4-3-7-24(26)25-8-5-6-10-30(25)37(33)34/h3-19H,1-2H3. The number of thiophene rings is 1. The van der Waals surface area contributed by atoms with Gasteiger partial charge in [-0.1, -0.05) is 78.4 Å². The molecule has 8 rings (SSSR count). The second-order valence-corrected chi connectivity index (χ2v) is 11.2. The first-order valence-corrected chi connectivity index (χ1v) is 13.7. The molecule has 0 amide bonds. The van der Waals surface area contributed by atoms with Gasteiger partial charge in [-0.2, -0.15) is 0 Å². The SMILES string of the molecule is Cc1ccc2sc3c(-c4ccc(-c5nnc6c7ccccc7c7ccccc7n56)cc4)cc(C)cc3c2c1. The molecule has 0 radical (unpaired) electrons. The van der Waals surface area contributed by atoms with E-state index in [-0.39, 0.29) is 0 Å². The van der Waals surface area contributed by atoms with E-state index in [4.69, 9.17) is 0 Å². The molecule has 4 heteroatoms. The van der Waals surface area contributed by atoms with Gasteiger partial charge in [0.15, 0.2) is 11.5 Å². The second kappa shape index (κ2) is 7.98. The maximum atomic E-state index is 4.68. The largest absolute Gasteiger partial charge is 0.274 e. The van der Waals surface area contributed by atoms with Crippen LogP contribution in [0.5, 0.6) is 0 Å². The second-order valence-electron chi connectivity index (χ2n) is 10.1. The van der Waals surface area contributed by atoms with Crippen LogP contribution in [0.15, 0.2) is 103 Å². The van der Waals surface area contributed by atoms with Gasteiger partial charge in [-0.3, -0.25) is 4.40 Å². The summed E-state index contributed by atoms with van der Waals surface area (Å²) < 4.78 is 4.88. The van der Waals surface area contributed by atoms with Crippen LogP contribution in [0.2, 0.25) is 0 Å². The number of para-hydroxylation sites is 1. The van der Waals surface area contributed by atoms with Gasteiger partial charge in [0.1, 0.15) is 0 Å². The number of pyridine rings is 1. The molecule has 0 aliphatic rings. The third-order valence-corrected chi connectivity index (χ3v) is 8.81. The zero-order valence-electron chi connectivity index (χ0n) is 21.1. The Morgan fingerprint density at radius 2 is 1.29 bits per heavy atom. The molecule has 0 saturated heterocycles. The zero-order chi connectivity index (χ0) is 25.4. The monoisotopic (exact) mass is 505 g/mol. The van der Waals surface area contributed by atoms with E-state index in [1.807, 2.05) is 11.3 Å². The molecule has 3 aromatic heterocycles. The molecule has 0 atom stereocenters. The van der Waals surface area contributed by atoms with E-state index < -0.39 is 0 Å². The number of nitrogens with zero attached hydrogens (tertiary/aromatic N) is 3. The molecule has 0 fully saturated rings. The molecule has 3 nitrogen and oxygen atoms in total. The minimum Gasteiger partial charge on any atom is -0.274 e. The summed E-state index contributed by atoms with van der Waals surface area (Å²) in [7, 11) is 0. The van der Waals surface area contributed by atoms with Crippen molar-refractivity contribution in [3.05, 3.63) is 114 Å². The van der Waals surface area contributed by atoms with Crippen LogP contribution in [0.1, 0.15) is 11.1 Å². The lowest BCUT2D eigenvalue weighted by molar-refractivity contribution is 1.12. The van der Waals surface area contributed by atoms with Crippen molar-refractivity contribution in [2.24, 2.45) is 0 Å². The maximum absolute atomic E-state index is 4.68. The summed E-state index contributed by atoms with van der Waals surface area (Å²) in [6, 6.07) is 37.2. The molecule has 38 heavy (non-hydrogen) atoms. The molecule has 180 valence electrons. The van der Waals surface area contributed by atoms with Crippen LogP contribution in [0.25, 0.3) is 70.0 Å². The number of aryl methyl sites for hydroxylation is 2. The van der Waals surface area contributed by atoms with Crippen LogP contribution in [-0.4, -0.2) is 14.6 Å². The van der Waals surface area contributed by atoms with Gasteiger partial charge in [0.05, 0.1) is 5.52 Å². The van der Waals surface area contributed by atoms with Crippen molar-refractivity contribution in [1.82, 2.24) is 14.6 Å². The van der Waals surface area contributed by atoms with Gasteiger partial charge in [-0.05, 0) is 66.3 Å². The molecular formula is C34H23N3S. The van der Waals surface area contributed by atoms with Gasteiger partial charge in [-0.15, -0.1) is 21.5 Å². The minimum absolute atomic E-state index is 0.861. The summed E-state index contributed by atoms with van der Waals surface area (Å²) in [6.45, 7) is 4.35. The highest BCUT2D eigenvalue weighted by molar-refractivity contribution is 7.26. The van der Waals surface area contributed by atoms with Gasteiger partial charge in [-0.25, -0.2) is 0 Å². The minimum atomic E-state index is 0.861. The average molecular weight is 506 g/mol. The Bertz CT molecular complexity index is 2200. The van der Waals surface area contributed by atoms with Crippen LogP contribution < -0.4 is 0 Å². The zero-order valence-corrected chi connectivity index (χ0v) is 21.9. The highest BCUT2D eigenvalue weighted by atomic mass is 32.1. The first kappa shape index (κ1) is 21.5. The topological polar surface area (TPSA) is 30.2 Å². The van der Waals surface area contributed by atoms with E-state index >= 15 is 0 Å². The van der Waals surface area contributed by atoms with Gasteiger partial charge in [0, 0.05) is 36.5 Å². The van der Waals surface area contributed by atoms with Crippen LogP contribution in [0.4, 0.5) is 0 Å². The molecule has 0 aliphatic heterocycles. The van der Waals surface area contributed by atoms with Crippen LogP contribution in [0, 0.1) is 13.8 Å². The lowest BCUT2D eigenvalue weighted by Crippen LogP contribution is -1.94. The predicted octanol–water partition coefficient (Wildman–Crippen LogP) is 9.35. The highest BCUT2D eigenvalue weighted by Crippen LogP contribution is 2.41. The fourth-order valence-corrected chi connectivity index (χ4v) is 7.03. The Hall–Kier alpha value is -4.54. The lowest BCUT2D eigenvalue weighted by Gasteiger charge is -2.10. The molecule has 0 bridgehead atoms. The normalized spacial score (nSPS) is 11.9. The molecule has 0 aliphatic carbocycles. The molecule has 8 aromatic rings. The van der Waals surface area contributed by atoms with E-state index in [0.717, 1.165) is 27.9 Å². The number of rotatable bonds is 2. The fourth-order valence-electron chi connectivity index (χ4n) is 5.83. The Balaban J connectivity index is 1.32. The van der Waals surface area contributed by atoms with Crippen molar-refractivity contribution in [1.29, 1.82) is 0 Å². The van der Waals surface area contributed by atoms with E-state index in [1.165, 1.54) is 53.2 Å². The van der Waals surface area contributed by atoms with Crippen molar-refractivity contribution < 1.29 is 0 Å². The number of benzene rings is 5. The van der Waals surface area contributed by atoms with Gasteiger partial charge < -0.3 is 0 Å². The van der Waals surface area contributed by atoms with Crippen LogP contribution >= 0.6 is 11.3 Å². The van der Waals surface area contributed by atoms with E-state index in [2.05, 4.69) is 132 Å². The Morgan fingerprint density at radius 3 is 2.13 bits per heavy atom. The van der Waals surface area contributed by atoms with Crippen molar-refractivity contribution in [3.8, 4) is 22.5 Å². The number of fused-ring (bicyclic) bond motifs is 9. The molecule has 0 N–H and O–H groups in total. The summed E-state index contributed by atoms with van der Waals surface area (Å²) >= 11 is 1.88. The quantitative estimate of drug-likeness (QED) is 0.219. The predicted molar refractivity (Wildman–Crippen MR) is 161 cm³/mol. The molecule has 0 spiro atoms. The number of hydrogen-bond donors (Lipinski definition) is 0. The van der Waals surface area contributed by atoms with Crippen LogP contribution in [-0.2, 0) is 0 Å². The smallest absolute Gasteiger partial charge is 0.169 e. The molecule has 5 aromatic carbocycles. The first-order chi connectivity index (χ1) is 18.7. The van der Waals surface area contributed by atoms with E-state index in [9.17, 15) is 0 Å². The molecule has 0 unspecified atom stereocenters. The first-order valence-electron chi connectivity index (χ1n) is 12.8. The van der Waals surface area contributed by atoms with Gasteiger partial charge >= 0.3 is 0 Å². The van der Waals surface area contributed by atoms with Crippen molar-refractivity contribution in [2.75, 3.05) is 0 Å². The van der Waals surface area contributed by atoms with Crippen molar-refractivity contribution in [3.63, 3.8) is 0 Å². The Kier molecular flexibility index (Phi) is 4.52. The van der Waals surface area contributed by atoms with Gasteiger partial charge in [0.2, 0.25) is 0 Å². The third kappa shape index (κ3) is 3.07. The van der Waals surface area contributed by atoms with Gasteiger partial charge in [0.25, 0.3) is 0 Å². The van der Waals surface area contributed by atoms with E-state index in [0.29, 0.717) is 0 Å². The Labute approximate surface area is 223 Å². The van der Waals surface area contributed by atoms with Crippen molar-refractivity contribution >= 4 is 58.8 Å². The third-order valence-electron chi connectivity index (χ3n) is 7.59. The number of aromatic nitrogens is 3. The summed E-state index contributed by atoms with van der Waals surface area (Å²) in [5, 5.41) is 15.5. The highest BCUT2D eigenvalue weighted by Gasteiger charge is 2.16. The lowest BCUT2D eigenvalue weighted by atomic mass is 9.98. The fraction of sp³-hybridized carbons (Fsp3) is 0.0588. The summed E-state index contributed by atoms with van der Waals surface area (Å²) in [6.07, 6.45) is 0.